The van der Waals surface area contributed by atoms with Crippen LogP contribution in [0.1, 0.15) is 27.8 Å². The molecular weight excluding hydrogens is 302 g/mol. The third-order valence-electron chi connectivity index (χ3n) is 4.30. The highest BCUT2D eigenvalue weighted by molar-refractivity contribution is 7.12. The van der Waals surface area contributed by atoms with Crippen molar-refractivity contribution in [2.24, 2.45) is 5.92 Å². The zero-order valence-corrected chi connectivity index (χ0v) is 13.1. The largest absolute Gasteiger partial charge is 0.372 e. The molecule has 2 fully saturated rings. The second kappa shape index (κ2) is 5.48. The van der Waals surface area contributed by atoms with Gasteiger partial charge >= 0.3 is 0 Å². The Morgan fingerprint density at radius 3 is 3.09 bits per heavy atom. The topological polar surface area (TPSA) is 68.5 Å². The van der Waals surface area contributed by atoms with E-state index in [0.717, 1.165) is 17.8 Å². The highest BCUT2D eigenvalue weighted by Gasteiger charge is 2.44. The maximum atomic E-state index is 12.4. The molecule has 4 heterocycles. The Bertz CT molecular complexity index is 655. The molecule has 0 radical (unpaired) electrons. The number of amides is 1. The van der Waals surface area contributed by atoms with E-state index in [1.807, 2.05) is 29.3 Å². The van der Waals surface area contributed by atoms with Gasteiger partial charge in [-0.15, -0.1) is 11.3 Å². The van der Waals surface area contributed by atoms with Crippen LogP contribution in [0.25, 0.3) is 0 Å². The number of hydrogen-bond donors (Lipinski definition) is 0. The summed E-state index contributed by atoms with van der Waals surface area (Å²) in [5.74, 6) is 1.82. The molecule has 22 heavy (non-hydrogen) atoms. The number of aromatic nitrogens is 2. The third kappa shape index (κ3) is 2.55. The van der Waals surface area contributed by atoms with Crippen LogP contribution in [0, 0.1) is 12.8 Å². The summed E-state index contributed by atoms with van der Waals surface area (Å²) in [6.07, 6.45) is 1.86. The van der Waals surface area contributed by atoms with Crippen molar-refractivity contribution in [2.75, 3.05) is 13.1 Å². The molecule has 0 bridgehead atoms. The lowest BCUT2D eigenvalue weighted by Gasteiger charge is -2.18. The van der Waals surface area contributed by atoms with Gasteiger partial charge in [-0.25, -0.2) is 0 Å². The maximum absolute atomic E-state index is 12.4. The number of likely N-dealkylation sites (tertiary alicyclic amines) is 1. The quantitative estimate of drug-likeness (QED) is 0.864. The zero-order valence-electron chi connectivity index (χ0n) is 12.3. The molecule has 6 nitrogen and oxygen atoms in total. The lowest BCUT2D eigenvalue weighted by molar-refractivity contribution is 0.0331. The lowest BCUT2D eigenvalue weighted by atomic mass is 10.0. The third-order valence-corrected chi connectivity index (χ3v) is 5.16. The molecule has 7 heteroatoms. The van der Waals surface area contributed by atoms with E-state index in [-0.39, 0.29) is 18.1 Å². The van der Waals surface area contributed by atoms with E-state index in [9.17, 15) is 4.79 Å². The average Bonchev–Trinajstić information content (AvgIpc) is 3.21. The van der Waals surface area contributed by atoms with E-state index >= 15 is 0 Å². The van der Waals surface area contributed by atoms with Gasteiger partial charge in [0.25, 0.3) is 5.91 Å². The molecule has 0 N–H and O–H groups in total. The van der Waals surface area contributed by atoms with E-state index in [4.69, 9.17) is 9.26 Å². The first-order valence-electron chi connectivity index (χ1n) is 7.46. The summed E-state index contributed by atoms with van der Waals surface area (Å²) in [7, 11) is 0. The Kier molecular flexibility index (Phi) is 3.46. The Morgan fingerprint density at radius 2 is 2.41 bits per heavy atom. The van der Waals surface area contributed by atoms with Crippen molar-refractivity contribution in [3.8, 4) is 0 Å². The number of thiophene rings is 1. The number of fused-ring (bicyclic) bond motifs is 1. The standard InChI is InChI=1S/C15H17N3O3S/c1-9-16-14(21-17-9)6-11-5-10-7-18(8-12(10)20-11)15(19)13-3-2-4-22-13/h2-4,10-12H,5-8H2,1H3/t10-,11+,12+/m1/s1. The Balaban J connectivity index is 1.35. The van der Waals surface area contributed by atoms with Gasteiger partial charge in [0.2, 0.25) is 5.89 Å². The van der Waals surface area contributed by atoms with E-state index in [1.165, 1.54) is 11.3 Å². The fraction of sp³-hybridized carbons (Fsp3) is 0.533. The maximum Gasteiger partial charge on any atom is 0.264 e. The minimum absolute atomic E-state index is 0.119. The molecule has 1 amide bonds. The Morgan fingerprint density at radius 1 is 1.50 bits per heavy atom. The molecule has 0 saturated carbocycles. The lowest BCUT2D eigenvalue weighted by Crippen LogP contribution is -2.31. The van der Waals surface area contributed by atoms with Crippen molar-refractivity contribution < 1.29 is 14.1 Å². The second-order valence-corrected chi connectivity index (χ2v) is 6.87. The molecule has 2 aliphatic rings. The van der Waals surface area contributed by atoms with Gasteiger partial charge in [-0.2, -0.15) is 4.98 Å². The Labute approximate surface area is 132 Å². The van der Waals surface area contributed by atoms with Gasteiger partial charge in [0, 0.05) is 19.0 Å². The molecule has 2 aromatic heterocycles. The molecular formula is C15H17N3O3S. The first kappa shape index (κ1) is 13.9. The van der Waals surface area contributed by atoms with Gasteiger partial charge in [0.05, 0.1) is 23.5 Å². The predicted molar refractivity (Wildman–Crippen MR) is 79.7 cm³/mol. The fourth-order valence-corrected chi connectivity index (χ4v) is 4.02. The summed E-state index contributed by atoms with van der Waals surface area (Å²) in [5, 5.41) is 5.73. The smallest absolute Gasteiger partial charge is 0.264 e. The molecule has 4 rings (SSSR count). The van der Waals surface area contributed by atoms with E-state index in [1.54, 1.807) is 0 Å². The normalized spacial score (nSPS) is 27.3. The minimum Gasteiger partial charge on any atom is -0.372 e. The predicted octanol–water partition coefficient (Wildman–Crippen LogP) is 1.91. The number of rotatable bonds is 3. The van der Waals surface area contributed by atoms with Crippen LogP contribution in [-0.2, 0) is 11.2 Å². The summed E-state index contributed by atoms with van der Waals surface area (Å²) in [6, 6.07) is 3.79. The first-order chi connectivity index (χ1) is 10.7. The second-order valence-electron chi connectivity index (χ2n) is 5.92. The fourth-order valence-electron chi connectivity index (χ4n) is 3.33. The molecule has 2 aliphatic heterocycles. The van der Waals surface area contributed by atoms with E-state index in [0.29, 0.717) is 30.6 Å². The van der Waals surface area contributed by atoms with Crippen molar-refractivity contribution in [3.05, 3.63) is 34.1 Å². The molecule has 0 spiro atoms. The number of carbonyl (C=O) groups excluding carboxylic acids is 1. The summed E-state index contributed by atoms with van der Waals surface area (Å²) in [5.41, 5.74) is 0. The summed E-state index contributed by atoms with van der Waals surface area (Å²) in [6.45, 7) is 3.27. The van der Waals surface area contributed by atoms with Gasteiger partial charge in [0.1, 0.15) is 0 Å². The molecule has 2 aromatic rings. The van der Waals surface area contributed by atoms with Crippen LogP contribution in [-0.4, -0.2) is 46.2 Å². The molecule has 0 aromatic carbocycles. The molecule has 0 unspecified atom stereocenters. The van der Waals surface area contributed by atoms with Gasteiger partial charge in [-0.3, -0.25) is 4.79 Å². The Hall–Kier alpha value is -1.73. The minimum atomic E-state index is 0.119. The SMILES string of the molecule is Cc1noc(C[C@@H]2C[C@@H]3CN(C(=O)c4cccs4)C[C@@H]3O2)n1. The summed E-state index contributed by atoms with van der Waals surface area (Å²) < 4.78 is 11.2. The molecule has 116 valence electrons. The van der Waals surface area contributed by atoms with Crippen LogP contribution < -0.4 is 0 Å². The van der Waals surface area contributed by atoms with E-state index < -0.39 is 0 Å². The van der Waals surface area contributed by atoms with Crippen LogP contribution in [0.4, 0.5) is 0 Å². The molecule has 2 saturated heterocycles. The highest BCUT2D eigenvalue weighted by Crippen LogP contribution is 2.35. The van der Waals surface area contributed by atoms with Crippen molar-refractivity contribution >= 4 is 17.2 Å². The first-order valence-corrected chi connectivity index (χ1v) is 8.34. The molecule has 0 aliphatic carbocycles. The number of nitrogens with zero attached hydrogens (tertiary/aromatic N) is 3. The van der Waals surface area contributed by atoms with Crippen LogP contribution >= 0.6 is 11.3 Å². The van der Waals surface area contributed by atoms with Gasteiger partial charge in [-0.05, 0) is 24.8 Å². The van der Waals surface area contributed by atoms with Crippen molar-refractivity contribution in [2.45, 2.75) is 32.0 Å². The number of aryl methyl sites for hydroxylation is 1. The number of carbonyl (C=O) groups is 1. The van der Waals surface area contributed by atoms with Crippen molar-refractivity contribution in [1.82, 2.24) is 15.0 Å². The zero-order chi connectivity index (χ0) is 15.1. The number of hydrogen-bond acceptors (Lipinski definition) is 6. The van der Waals surface area contributed by atoms with Crippen LogP contribution in [0.2, 0.25) is 0 Å². The van der Waals surface area contributed by atoms with Crippen LogP contribution in [0.5, 0.6) is 0 Å². The highest BCUT2D eigenvalue weighted by atomic mass is 32.1. The van der Waals surface area contributed by atoms with Gasteiger partial charge < -0.3 is 14.2 Å². The summed E-state index contributed by atoms with van der Waals surface area (Å²) >= 11 is 1.49. The molecule has 3 atom stereocenters. The van der Waals surface area contributed by atoms with Crippen LogP contribution in [0.3, 0.4) is 0 Å². The van der Waals surface area contributed by atoms with E-state index in [2.05, 4.69) is 10.1 Å². The van der Waals surface area contributed by atoms with Gasteiger partial charge in [-0.1, -0.05) is 11.2 Å². The average molecular weight is 319 g/mol. The van der Waals surface area contributed by atoms with Crippen LogP contribution in [0.15, 0.2) is 22.0 Å². The number of ether oxygens (including phenoxy) is 1. The van der Waals surface area contributed by atoms with Crippen molar-refractivity contribution in [1.29, 1.82) is 0 Å². The summed E-state index contributed by atoms with van der Waals surface area (Å²) in [4.78, 5) is 19.3. The van der Waals surface area contributed by atoms with Crippen molar-refractivity contribution in [3.63, 3.8) is 0 Å². The monoisotopic (exact) mass is 319 g/mol. The van der Waals surface area contributed by atoms with Gasteiger partial charge in [0.15, 0.2) is 5.82 Å².